The lowest BCUT2D eigenvalue weighted by Gasteiger charge is -2.39. The lowest BCUT2D eigenvalue weighted by molar-refractivity contribution is -0.129. The molecule has 2 aliphatic heterocycles. The third kappa shape index (κ3) is 0.878. The summed E-state index contributed by atoms with van der Waals surface area (Å²) in [5, 5.41) is 3.27. The second-order valence-electron chi connectivity index (χ2n) is 3.36. The second kappa shape index (κ2) is 2.08. The fourth-order valence-electron chi connectivity index (χ4n) is 1.73. The van der Waals surface area contributed by atoms with E-state index in [0.29, 0.717) is 0 Å². The minimum atomic E-state index is -0.0463. The maximum atomic E-state index is 11.2. The van der Waals surface area contributed by atoms with Gasteiger partial charge in [-0.05, 0) is 6.92 Å². The molecule has 11 heavy (non-hydrogen) atoms. The molecule has 0 radical (unpaired) electrons. The van der Waals surface area contributed by atoms with Crippen LogP contribution in [0.4, 0.5) is 0 Å². The van der Waals surface area contributed by atoms with Gasteiger partial charge in [-0.25, -0.2) is 0 Å². The quantitative estimate of drug-likeness (QED) is 0.519. The summed E-state index contributed by atoms with van der Waals surface area (Å²) in [4.78, 5) is 13.1. The monoisotopic (exact) mass is 152 g/mol. The van der Waals surface area contributed by atoms with Crippen molar-refractivity contribution in [3.8, 4) is 0 Å². The highest BCUT2D eigenvalue weighted by Crippen LogP contribution is 2.24. The SMILES string of the molecule is CC12C=CC(=O)N1CCNC2. The van der Waals surface area contributed by atoms with Gasteiger partial charge in [-0.15, -0.1) is 0 Å². The zero-order chi connectivity index (χ0) is 7.90. The Balaban J connectivity index is 2.27. The Hall–Kier alpha value is -0.830. The molecule has 2 aliphatic rings. The zero-order valence-corrected chi connectivity index (χ0v) is 6.63. The number of nitrogens with zero attached hydrogens (tertiary/aromatic N) is 1. The van der Waals surface area contributed by atoms with Gasteiger partial charge in [0.1, 0.15) is 0 Å². The molecule has 0 saturated carbocycles. The maximum absolute atomic E-state index is 11.2. The van der Waals surface area contributed by atoms with E-state index >= 15 is 0 Å². The van der Waals surface area contributed by atoms with Gasteiger partial charge in [0.05, 0.1) is 5.54 Å². The molecule has 1 fully saturated rings. The highest BCUT2D eigenvalue weighted by molar-refractivity contribution is 5.91. The Bertz CT molecular complexity index is 224. The largest absolute Gasteiger partial charge is 0.328 e. The van der Waals surface area contributed by atoms with Gasteiger partial charge in [-0.1, -0.05) is 6.08 Å². The van der Waals surface area contributed by atoms with E-state index in [4.69, 9.17) is 0 Å². The predicted molar refractivity (Wildman–Crippen MR) is 42.1 cm³/mol. The number of amides is 1. The van der Waals surface area contributed by atoms with Crippen molar-refractivity contribution in [2.45, 2.75) is 12.5 Å². The summed E-state index contributed by atoms with van der Waals surface area (Å²) >= 11 is 0. The van der Waals surface area contributed by atoms with Gasteiger partial charge < -0.3 is 10.2 Å². The molecule has 60 valence electrons. The van der Waals surface area contributed by atoms with Crippen LogP contribution < -0.4 is 5.32 Å². The number of hydrogen-bond donors (Lipinski definition) is 1. The number of fused-ring (bicyclic) bond motifs is 1. The van der Waals surface area contributed by atoms with Gasteiger partial charge in [0.2, 0.25) is 5.91 Å². The van der Waals surface area contributed by atoms with E-state index in [-0.39, 0.29) is 11.4 Å². The topological polar surface area (TPSA) is 32.3 Å². The average Bonchev–Trinajstić information content (AvgIpc) is 2.29. The van der Waals surface area contributed by atoms with Crippen molar-refractivity contribution < 1.29 is 4.79 Å². The fourth-order valence-corrected chi connectivity index (χ4v) is 1.73. The van der Waals surface area contributed by atoms with Gasteiger partial charge in [0.25, 0.3) is 0 Å². The summed E-state index contributed by atoms with van der Waals surface area (Å²) in [7, 11) is 0. The average molecular weight is 152 g/mol. The van der Waals surface area contributed by atoms with Crippen LogP contribution in [0.1, 0.15) is 6.92 Å². The van der Waals surface area contributed by atoms with Crippen molar-refractivity contribution in [1.82, 2.24) is 10.2 Å². The Kier molecular flexibility index (Phi) is 1.29. The summed E-state index contributed by atoms with van der Waals surface area (Å²) in [5.41, 5.74) is -0.0463. The Morgan fingerprint density at radius 3 is 3.27 bits per heavy atom. The smallest absolute Gasteiger partial charge is 0.247 e. The molecular weight excluding hydrogens is 140 g/mol. The van der Waals surface area contributed by atoms with Crippen molar-refractivity contribution >= 4 is 5.91 Å². The van der Waals surface area contributed by atoms with Crippen LogP contribution in [-0.2, 0) is 4.79 Å². The van der Waals surface area contributed by atoms with Gasteiger partial charge in [-0.3, -0.25) is 4.79 Å². The molecule has 3 nitrogen and oxygen atoms in total. The molecule has 1 saturated heterocycles. The Labute approximate surface area is 66.1 Å². The minimum Gasteiger partial charge on any atom is -0.328 e. The van der Waals surface area contributed by atoms with E-state index in [1.54, 1.807) is 6.08 Å². The summed E-state index contributed by atoms with van der Waals surface area (Å²) in [6, 6.07) is 0. The maximum Gasteiger partial charge on any atom is 0.247 e. The van der Waals surface area contributed by atoms with Crippen LogP contribution in [0.5, 0.6) is 0 Å². The van der Waals surface area contributed by atoms with E-state index in [0.717, 1.165) is 19.6 Å². The molecule has 0 aromatic carbocycles. The predicted octanol–water partition coefficient (Wildman–Crippen LogP) is -0.253. The first-order chi connectivity index (χ1) is 5.22. The van der Waals surface area contributed by atoms with E-state index in [1.165, 1.54) is 0 Å². The van der Waals surface area contributed by atoms with E-state index in [2.05, 4.69) is 12.2 Å². The van der Waals surface area contributed by atoms with E-state index in [9.17, 15) is 4.79 Å². The third-order valence-corrected chi connectivity index (χ3v) is 2.46. The third-order valence-electron chi connectivity index (χ3n) is 2.46. The lowest BCUT2D eigenvalue weighted by Crippen LogP contribution is -2.57. The summed E-state index contributed by atoms with van der Waals surface area (Å²) in [6.45, 7) is 4.72. The molecule has 1 atom stereocenters. The number of carbonyl (C=O) groups excluding carboxylic acids is 1. The van der Waals surface area contributed by atoms with Crippen LogP contribution in [0.2, 0.25) is 0 Å². The molecule has 0 aromatic heterocycles. The number of rotatable bonds is 0. The first-order valence-electron chi connectivity index (χ1n) is 3.94. The van der Waals surface area contributed by atoms with Crippen molar-refractivity contribution in [1.29, 1.82) is 0 Å². The normalized spacial score (nSPS) is 36.1. The molecule has 0 aliphatic carbocycles. The molecule has 0 aromatic rings. The van der Waals surface area contributed by atoms with Crippen molar-refractivity contribution in [3.05, 3.63) is 12.2 Å². The van der Waals surface area contributed by atoms with Crippen LogP contribution in [0, 0.1) is 0 Å². The number of piperazine rings is 1. The fraction of sp³-hybridized carbons (Fsp3) is 0.625. The summed E-state index contributed by atoms with van der Waals surface area (Å²) in [6.07, 6.45) is 3.66. The van der Waals surface area contributed by atoms with Crippen molar-refractivity contribution in [2.75, 3.05) is 19.6 Å². The molecule has 2 heterocycles. The molecule has 0 bridgehead atoms. The Morgan fingerprint density at radius 2 is 2.55 bits per heavy atom. The summed E-state index contributed by atoms with van der Waals surface area (Å²) < 4.78 is 0. The van der Waals surface area contributed by atoms with Crippen LogP contribution >= 0.6 is 0 Å². The lowest BCUT2D eigenvalue weighted by atomic mass is 10.0. The molecular formula is C8H12N2O. The van der Waals surface area contributed by atoms with Crippen LogP contribution in [0.3, 0.4) is 0 Å². The number of nitrogens with one attached hydrogen (secondary N) is 1. The van der Waals surface area contributed by atoms with Crippen molar-refractivity contribution in [2.24, 2.45) is 0 Å². The van der Waals surface area contributed by atoms with Crippen LogP contribution in [0.15, 0.2) is 12.2 Å². The van der Waals surface area contributed by atoms with Crippen LogP contribution in [0.25, 0.3) is 0 Å². The number of carbonyl (C=O) groups is 1. The molecule has 1 unspecified atom stereocenters. The number of hydrogen-bond acceptors (Lipinski definition) is 2. The van der Waals surface area contributed by atoms with Gasteiger partial charge in [-0.2, -0.15) is 0 Å². The minimum absolute atomic E-state index is 0.0463. The van der Waals surface area contributed by atoms with Gasteiger partial charge >= 0.3 is 0 Å². The standard InChI is InChI=1S/C8H12N2O/c1-8-3-2-7(11)10(8)5-4-9-6-8/h2-3,9H,4-6H2,1H3. The first kappa shape index (κ1) is 6.85. The molecule has 1 amide bonds. The molecule has 0 spiro atoms. The zero-order valence-electron chi connectivity index (χ0n) is 6.63. The van der Waals surface area contributed by atoms with E-state index in [1.807, 2.05) is 11.0 Å². The van der Waals surface area contributed by atoms with Gasteiger partial charge in [0.15, 0.2) is 0 Å². The van der Waals surface area contributed by atoms with Crippen LogP contribution in [-0.4, -0.2) is 36.0 Å². The molecule has 2 rings (SSSR count). The first-order valence-corrected chi connectivity index (χ1v) is 3.94. The molecule has 1 N–H and O–H groups in total. The highest BCUT2D eigenvalue weighted by atomic mass is 16.2. The Morgan fingerprint density at radius 1 is 1.73 bits per heavy atom. The second-order valence-corrected chi connectivity index (χ2v) is 3.36. The van der Waals surface area contributed by atoms with Gasteiger partial charge in [0, 0.05) is 25.7 Å². The highest BCUT2D eigenvalue weighted by Gasteiger charge is 2.38. The summed E-state index contributed by atoms with van der Waals surface area (Å²) in [5.74, 6) is 0.161. The van der Waals surface area contributed by atoms with E-state index < -0.39 is 0 Å². The molecule has 3 heteroatoms. The van der Waals surface area contributed by atoms with Crippen molar-refractivity contribution in [3.63, 3.8) is 0 Å².